The SMILES string of the molecule is Cc1cc(F)cc(-c2cnc(-c3cnn(C)c3)c(C(=O)N[C@H](C)c3ccc4ccccc4c3)c2)c1. The summed E-state index contributed by atoms with van der Waals surface area (Å²) < 4.78 is 15.7. The minimum Gasteiger partial charge on any atom is -0.345 e. The smallest absolute Gasteiger partial charge is 0.253 e. The molecule has 0 radical (unpaired) electrons. The summed E-state index contributed by atoms with van der Waals surface area (Å²) in [5.74, 6) is -0.584. The van der Waals surface area contributed by atoms with Crippen molar-refractivity contribution in [3.8, 4) is 22.4 Å². The molecule has 1 amide bonds. The van der Waals surface area contributed by atoms with Gasteiger partial charge in [-0.1, -0.05) is 42.5 Å². The molecule has 5 rings (SSSR count). The maximum absolute atomic E-state index is 14.1. The van der Waals surface area contributed by atoms with Crippen molar-refractivity contribution in [3.05, 3.63) is 108 Å². The second kappa shape index (κ2) is 9.14. The molecule has 1 N–H and O–H groups in total. The van der Waals surface area contributed by atoms with E-state index in [1.165, 1.54) is 12.1 Å². The zero-order valence-corrected chi connectivity index (χ0v) is 19.8. The van der Waals surface area contributed by atoms with Crippen molar-refractivity contribution in [1.82, 2.24) is 20.1 Å². The van der Waals surface area contributed by atoms with E-state index in [2.05, 4.69) is 39.7 Å². The fraction of sp³-hybridized carbons (Fsp3) is 0.138. The Morgan fingerprint density at radius 2 is 1.74 bits per heavy atom. The molecule has 0 saturated heterocycles. The molecule has 3 aromatic carbocycles. The van der Waals surface area contributed by atoms with E-state index >= 15 is 0 Å². The van der Waals surface area contributed by atoms with Gasteiger partial charge in [0.15, 0.2) is 0 Å². The lowest BCUT2D eigenvalue weighted by molar-refractivity contribution is 0.0940. The molecule has 35 heavy (non-hydrogen) atoms. The highest BCUT2D eigenvalue weighted by molar-refractivity contribution is 6.01. The van der Waals surface area contributed by atoms with Crippen LogP contribution in [0.5, 0.6) is 0 Å². The lowest BCUT2D eigenvalue weighted by Crippen LogP contribution is -2.27. The number of hydrogen-bond donors (Lipinski definition) is 1. The zero-order valence-electron chi connectivity index (χ0n) is 19.8. The molecule has 0 aliphatic carbocycles. The summed E-state index contributed by atoms with van der Waals surface area (Å²) in [6.07, 6.45) is 5.16. The molecule has 1 atom stereocenters. The Morgan fingerprint density at radius 1 is 0.943 bits per heavy atom. The third-order valence-corrected chi connectivity index (χ3v) is 6.11. The molecule has 0 aliphatic rings. The summed E-state index contributed by atoms with van der Waals surface area (Å²) in [6.45, 7) is 3.79. The number of halogens is 1. The zero-order chi connectivity index (χ0) is 24.5. The number of carbonyl (C=O) groups excluding carboxylic acids is 1. The first-order valence-electron chi connectivity index (χ1n) is 11.4. The van der Waals surface area contributed by atoms with Crippen molar-refractivity contribution in [1.29, 1.82) is 0 Å². The number of amides is 1. The highest BCUT2D eigenvalue weighted by Crippen LogP contribution is 2.29. The summed E-state index contributed by atoms with van der Waals surface area (Å²) in [4.78, 5) is 18.2. The average molecular weight is 465 g/mol. The molecule has 0 saturated carbocycles. The van der Waals surface area contributed by atoms with E-state index in [0.717, 1.165) is 27.5 Å². The van der Waals surface area contributed by atoms with Gasteiger partial charge in [0.2, 0.25) is 0 Å². The first-order chi connectivity index (χ1) is 16.9. The topological polar surface area (TPSA) is 59.8 Å². The predicted molar refractivity (Wildman–Crippen MR) is 136 cm³/mol. The molecule has 5 aromatic rings. The number of rotatable bonds is 5. The van der Waals surface area contributed by atoms with Crippen LogP contribution in [0.1, 0.15) is 34.5 Å². The van der Waals surface area contributed by atoms with Crippen LogP contribution in [0, 0.1) is 12.7 Å². The van der Waals surface area contributed by atoms with Gasteiger partial charge >= 0.3 is 0 Å². The number of carbonyl (C=O) groups is 1. The maximum Gasteiger partial charge on any atom is 0.253 e. The first-order valence-corrected chi connectivity index (χ1v) is 11.4. The number of pyridine rings is 1. The van der Waals surface area contributed by atoms with Crippen molar-refractivity contribution in [2.45, 2.75) is 19.9 Å². The fourth-order valence-electron chi connectivity index (χ4n) is 4.31. The Labute approximate surface area is 203 Å². The van der Waals surface area contributed by atoms with Gasteiger partial charge in [-0.05, 0) is 65.6 Å². The van der Waals surface area contributed by atoms with E-state index in [0.29, 0.717) is 22.4 Å². The lowest BCUT2D eigenvalue weighted by Gasteiger charge is -2.17. The van der Waals surface area contributed by atoms with E-state index in [9.17, 15) is 9.18 Å². The van der Waals surface area contributed by atoms with E-state index in [1.54, 1.807) is 23.1 Å². The third-order valence-electron chi connectivity index (χ3n) is 6.11. The average Bonchev–Trinajstić information content (AvgIpc) is 3.28. The largest absolute Gasteiger partial charge is 0.345 e. The summed E-state index contributed by atoms with van der Waals surface area (Å²) >= 11 is 0. The number of fused-ring (bicyclic) bond motifs is 1. The van der Waals surface area contributed by atoms with Crippen LogP contribution in [-0.4, -0.2) is 20.7 Å². The van der Waals surface area contributed by atoms with E-state index in [4.69, 9.17) is 0 Å². The van der Waals surface area contributed by atoms with Crippen LogP contribution >= 0.6 is 0 Å². The molecule has 0 aliphatic heterocycles. The molecule has 0 fully saturated rings. The Hall–Kier alpha value is -4.32. The Kier molecular flexibility index (Phi) is 5.87. The fourth-order valence-corrected chi connectivity index (χ4v) is 4.31. The van der Waals surface area contributed by atoms with Gasteiger partial charge in [-0.25, -0.2) is 4.39 Å². The standard InChI is InChI=1S/C29H25FN4O/c1-18-10-23(13-26(30)11-18)24-14-27(28(31-15-24)25-16-32-34(3)17-25)29(35)33-19(2)21-9-8-20-6-4-5-7-22(20)12-21/h4-17,19H,1-3H3,(H,33,35)/t19-/m1/s1. The van der Waals surface area contributed by atoms with Gasteiger partial charge in [-0.2, -0.15) is 5.10 Å². The van der Waals surface area contributed by atoms with Crippen LogP contribution in [0.15, 0.2) is 85.3 Å². The number of hydrogen-bond acceptors (Lipinski definition) is 3. The normalized spacial score (nSPS) is 12.0. The molecule has 0 unspecified atom stereocenters. The minimum atomic E-state index is -0.327. The monoisotopic (exact) mass is 464 g/mol. The molecule has 2 aromatic heterocycles. The predicted octanol–water partition coefficient (Wildman–Crippen LogP) is 6.24. The maximum atomic E-state index is 14.1. The van der Waals surface area contributed by atoms with Gasteiger partial charge in [-0.15, -0.1) is 0 Å². The van der Waals surface area contributed by atoms with Gasteiger partial charge in [-0.3, -0.25) is 14.5 Å². The molecule has 5 nitrogen and oxygen atoms in total. The van der Waals surface area contributed by atoms with Gasteiger partial charge in [0.25, 0.3) is 5.91 Å². The van der Waals surface area contributed by atoms with Gasteiger partial charge < -0.3 is 5.32 Å². The molecule has 0 spiro atoms. The van der Waals surface area contributed by atoms with Crippen molar-refractivity contribution in [3.63, 3.8) is 0 Å². The van der Waals surface area contributed by atoms with Crippen molar-refractivity contribution in [2.24, 2.45) is 7.05 Å². The summed E-state index contributed by atoms with van der Waals surface area (Å²) in [7, 11) is 1.81. The summed E-state index contributed by atoms with van der Waals surface area (Å²) in [6, 6.07) is 20.6. The Bertz CT molecular complexity index is 1540. The minimum absolute atomic E-state index is 0.228. The summed E-state index contributed by atoms with van der Waals surface area (Å²) in [5.41, 5.74) is 4.81. The molecule has 174 valence electrons. The Morgan fingerprint density at radius 3 is 2.49 bits per heavy atom. The van der Waals surface area contributed by atoms with E-state index in [1.807, 2.05) is 51.4 Å². The van der Waals surface area contributed by atoms with E-state index < -0.39 is 0 Å². The van der Waals surface area contributed by atoms with Crippen molar-refractivity contribution < 1.29 is 9.18 Å². The van der Waals surface area contributed by atoms with Crippen molar-refractivity contribution in [2.75, 3.05) is 0 Å². The van der Waals surface area contributed by atoms with Crippen LogP contribution in [0.2, 0.25) is 0 Å². The quantitative estimate of drug-likeness (QED) is 0.335. The molecule has 6 heteroatoms. The lowest BCUT2D eigenvalue weighted by atomic mass is 9.99. The highest BCUT2D eigenvalue weighted by atomic mass is 19.1. The number of aromatic nitrogens is 3. The molecule has 2 heterocycles. The molecular formula is C29H25FN4O. The second-order valence-corrected chi connectivity index (χ2v) is 8.84. The van der Waals surface area contributed by atoms with Gasteiger partial charge in [0.05, 0.1) is 23.5 Å². The van der Waals surface area contributed by atoms with Crippen LogP contribution in [0.25, 0.3) is 33.2 Å². The number of benzene rings is 3. The van der Waals surface area contributed by atoms with Gasteiger partial charge in [0, 0.05) is 30.6 Å². The number of nitrogens with one attached hydrogen (secondary N) is 1. The Balaban J connectivity index is 1.52. The third kappa shape index (κ3) is 4.68. The highest BCUT2D eigenvalue weighted by Gasteiger charge is 2.20. The number of aryl methyl sites for hydroxylation is 2. The molecular weight excluding hydrogens is 439 g/mol. The van der Waals surface area contributed by atoms with Crippen LogP contribution in [0.3, 0.4) is 0 Å². The number of nitrogens with zero attached hydrogens (tertiary/aromatic N) is 3. The summed E-state index contributed by atoms with van der Waals surface area (Å²) in [5, 5.41) is 9.61. The van der Waals surface area contributed by atoms with Crippen LogP contribution in [0.4, 0.5) is 4.39 Å². The second-order valence-electron chi connectivity index (χ2n) is 8.84. The van der Waals surface area contributed by atoms with Crippen molar-refractivity contribution >= 4 is 16.7 Å². The first kappa shape index (κ1) is 22.5. The van der Waals surface area contributed by atoms with Gasteiger partial charge in [0.1, 0.15) is 5.82 Å². The van der Waals surface area contributed by atoms with Crippen LogP contribution in [-0.2, 0) is 7.05 Å². The van der Waals surface area contributed by atoms with E-state index in [-0.39, 0.29) is 17.8 Å². The molecule has 0 bridgehead atoms. The van der Waals surface area contributed by atoms with Crippen LogP contribution < -0.4 is 5.32 Å².